The summed E-state index contributed by atoms with van der Waals surface area (Å²) in [4.78, 5) is 12.1. The molecule has 1 heterocycles. The summed E-state index contributed by atoms with van der Waals surface area (Å²) in [6.07, 6.45) is 1.68. The number of nitrogens with one attached hydrogen (secondary N) is 1. The molecule has 0 unspecified atom stereocenters. The van der Waals surface area contributed by atoms with Crippen LogP contribution in [0.1, 0.15) is 57.8 Å². The van der Waals surface area contributed by atoms with Crippen molar-refractivity contribution in [2.24, 2.45) is 0 Å². The summed E-state index contributed by atoms with van der Waals surface area (Å²) in [5, 5.41) is 2.72. The fourth-order valence-electron chi connectivity index (χ4n) is 2.55. The van der Waals surface area contributed by atoms with E-state index in [1.165, 1.54) is 12.1 Å². The lowest BCUT2D eigenvalue weighted by atomic mass is 9.78. The topological polar surface area (TPSA) is 47.6 Å². The van der Waals surface area contributed by atoms with Crippen molar-refractivity contribution in [2.45, 2.75) is 64.2 Å². The summed E-state index contributed by atoms with van der Waals surface area (Å²) in [6.45, 7) is 9.20. The van der Waals surface area contributed by atoms with E-state index in [1.54, 1.807) is 0 Å². The third kappa shape index (κ3) is 2.84. The Morgan fingerprint density at radius 2 is 1.58 bits per heavy atom. The molecular formula is C17H22BF2NO3. The number of hydrogen-bond donors (Lipinski definition) is 1. The van der Waals surface area contributed by atoms with Crippen LogP contribution in [0.25, 0.3) is 0 Å². The minimum Gasteiger partial charge on any atom is -0.399 e. The molecule has 1 saturated carbocycles. The van der Waals surface area contributed by atoms with Gasteiger partial charge in [-0.3, -0.25) is 4.79 Å². The van der Waals surface area contributed by atoms with Gasteiger partial charge in [-0.05, 0) is 53.5 Å². The van der Waals surface area contributed by atoms with E-state index in [2.05, 4.69) is 5.32 Å². The second-order valence-corrected chi connectivity index (χ2v) is 7.93. The Morgan fingerprint density at radius 1 is 1.04 bits per heavy atom. The van der Waals surface area contributed by atoms with Gasteiger partial charge in [0.25, 0.3) is 5.91 Å². The number of halogens is 2. The largest absolute Gasteiger partial charge is 0.497 e. The molecule has 7 heteroatoms. The molecule has 0 spiro atoms. The van der Waals surface area contributed by atoms with E-state index >= 15 is 0 Å². The third-order valence-corrected chi connectivity index (χ3v) is 5.28. The smallest absolute Gasteiger partial charge is 0.399 e. The van der Waals surface area contributed by atoms with E-state index in [9.17, 15) is 13.6 Å². The molecule has 2 aliphatic rings. The molecule has 1 saturated heterocycles. The molecule has 1 aromatic carbocycles. The molecule has 2 fully saturated rings. The number of amides is 1. The van der Waals surface area contributed by atoms with Crippen LogP contribution in [0.3, 0.4) is 0 Å². The number of rotatable bonds is 3. The zero-order chi connectivity index (χ0) is 17.9. The molecule has 1 aliphatic carbocycles. The highest BCUT2D eigenvalue weighted by atomic mass is 19.2. The molecular weight excluding hydrogens is 315 g/mol. The Bertz CT molecular complexity index is 685. The van der Waals surface area contributed by atoms with Gasteiger partial charge in [-0.25, -0.2) is 8.78 Å². The first-order valence-corrected chi connectivity index (χ1v) is 8.12. The van der Waals surface area contributed by atoms with Crippen LogP contribution in [0, 0.1) is 11.6 Å². The molecule has 0 aromatic heterocycles. The van der Waals surface area contributed by atoms with Crippen molar-refractivity contribution < 1.29 is 22.9 Å². The van der Waals surface area contributed by atoms with Gasteiger partial charge in [0.15, 0.2) is 11.6 Å². The summed E-state index contributed by atoms with van der Waals surface area (Å²) >= 11 is 0. The summed E-state index contributed by atoms with van der Waals surface area (Å²) < 4.78 is 40.4. The average Bonchev–Trinajstić information content (AvgIpc) is 3.11. The maximum atomic E-state index is 14.5. The molecule has 1 aliphatic heterocycles. The van der Waals surface area contributed by atoms with Gasteiger partial charge in [0.05, 0.1) is 16.8 Å². The van der Waals surface area contributed by atoms with Crippen molar-refractivity contribution in [1.29, 1.82) is 0 Å². The molecule has 4 nitrogen and oxygen atoms in total. The van der Waals surface area contributed by atoms with Gasteiger partial charge >= 0.3 is 7.12 Å². The number of carbonyl (C=O) groups is 1. The van der Waals surface area contributed by atoms with Crippen molar-refractivity contribution in [1.82, 2.24) is 5.32 Å². The minimum atomic E-state index is -1.18. The van der Waals surface area contributed by atoms with Gasteiger partial charge in [-0.2, -0.15) is 0 Å². The van der Waals surface area contributed by atoms with Crippen molar-refractivity contribution in [3.63, 3.8) is 0 Å². The zero-order valence-electron chi connectivity index (χ0n) is 14.6. The summed E-state index contributed by atoms with van der Waals surface area (Å²) in [6, 6.07) is 2.63. The van der Waals surface area contributed by atoms with Crippen LogP contribution in [0.4, 0.5) is 8.78 Å². The van der Waals surface area contributed by atoms with Crippen LogP contribution >= 0.6 is 0 Å². The maximum Gasteiger partial charge on any atom is 0.497 e. The van der Waals surface area contributed by atoms with E-state index in [1.807, 2.05) is 34.6 Å². The second kappa shape index (κ2) is 5.26. The quantitative estimate of drug-likeness (QED) is 0.863. The van der Waals surface area contributed by atoms with Crippen molar-refractivity contribution in [3.8, 4) is 0 Å². The van der Waals surface area contributed by atoms with E-state index < -0.39 is 35.9 Å². The summed E-state index contributed by atoms with van der Waals surface area (Å²) in [5.41, 5.74) is -1.96. The molecule has 0 bridgehead atoms. The standard InChI is InChI=1S/C17H22BF2NO3/c1-15(2)16(3,4)24-18(23-15)11-7-6-10(12(19)13(11)20)14(22)21-17(5)8-9-17/h6-7H,8-9H2,1-5H3,(H,21,22). The maximum absolute atomic E-state index is 14.5. The second-order valence-electron chi connectivity index (χ2n) is 7.93. The van der Waals surface area contributed by atoms with Gasteiger partial charge in [-0.15, -0.1) is 0 Å². The Morgan fingerprint density at radius 3 is 2.08 bits per heavy atom. The predicted molar refractivity (Wildman–Crippen MR) is 87.2 cm³/mol. The fourth-order valence-corrected chi connectivity index (χ4v) is 2.55. The first-order chi connectivity index (χ1) is 11.0. The number of hydrogen-bond acceptors (Lipinski definition) is 3. The first kappa shape index (κ1) is 17.4. The van der Waals surface area contributed by atoms with Crippen LogP contribution in [0.5, 0.6) is 0 Å². The van der Waals surface area contributed by atoms with E-state index in [4.69, 9.17) is 9.31 Å². The molecule has 130 valence electrons. The third-order valence-electron chi connectivity index (χ3n) is 5.28. The van der Waals surface area contributed by atoms with Crippen molar-refractivity contribution in [3.05, 3.63) is 29.3 Å². The number of benzene rings is 1. The van der Waals surface area contributed by atoms with Crippen LogP contribution in [0.15, 0.2) is 12.1 Å². The highest BCUT2D eigenvalue weighted by molar-refractivity contribution is 6.62. The minimum absolute atomic E-state index is 0.0414. The molecule has 24 heavy (non-hydrogen) atoms. The predicted octanol–water partition coefficient (Wildman–Crippen LogP) is 2.55. The van der Waals surface area contributed by atoms with Crippen LogP contribution in [0.2, 0.25) is 0 Å². The number of carbonyl (C=O) groups excluding carboxylic acids is 1. The Kier molecular flexibility index (Phi) is 3.81. The van der Waals surface area contributed by atoms with Gasteiger partial charge in [0.1, 0.15) is 0 Å². The summed E-state index contributed by atoms with van der Waals surface area (Å²) in [7, 11) is -1.01. The lowest BCUT2D eigenvalue weighted by Crippen LogP contribution is -2.41. The molecule has 0 atom stereocenters. The van der Waals surface area contributed by atoms with Crippen molar-refractivity contribution >= 4 is 18.5 Å². The van der Waals surface area contributed by atoms with Crippen LogP contribution in [-0.4, -0.2) is 29.8 Å². The van der Waals surface area contributed by atoms with Crippen LogP contribution in [-0.2, 0) is 9.31 Å². The Hall–Kier alpha value is -1.47. The monoisotopic (exact) mass is 337 g/mol. The first-order valence-electron chi connectivity index (χ1n) is 8.12. The lowest BCUT2D eigenvalue weighted by Gasteiger charge is -2.32. The normalized spacial score (nSPS) is 23.2. The van der Waals surface area contributed by atoms with Gasteiger partial charge in [0, 0.05) is 11.0 Å². The van der Waals surface area contributed by atoms with E-state index in [0.717, 1.165) is 12.8 Å². The van der Waals surface area contributed by atoms with Gasteiger partial charge < -0.3 is 14.6 Å². The molecule has 1 N–H and O–H groups in total. The molecule has 1 aromatic rings. The van der Waals surface area contributed by atoms with Gasteiger partial charge in [0.2, 0.25) is 0 Å². The molecule has 1 amide bonds. The summed E-state index contributed by atoms with van der Waals surface area (Å²) in [5.74, 6) is -2.89. The lowest BCUT2D eigenvalue weighted by molar-refractivity contribution is 0.00578. The highest BCUT2D eigenvalue weighted by Gasteiger charge is 2.52. The molecule has 3 rings (SSSR count). The average molecular weight is 337 g/mol. The van der Waals surface area contributed by atoms with E-state index in [0.29, 0.717) is 0 Å². The van der Waals surface area contributed by atoms with Gasteiger partial charge in [-0.1, -0.05) is 6.07 Å². The zero-order valence-corrected chi connectivity index (χ0v) is 14.6. The Balaban J connectivity index is 1.87. The SMILES string of the molecule is CC1(NC(=O)c2ccc(B3OC(C)(C)C(C)(C)O3)c(F)c2F)CC1. The highest BCUT2D eigenvalue weighted by Crippen LogP contribution is 2.37. The molecule has 0 radical (unpaired) electrons. The van der Waals surface area contributed by atoms with E-state index in [-0.39, 0.29) is 16.6 Å². The Labute approximate surface area is 141 Å². The van der Waals surface area contributed by atoms with Crippen LogP contribution < -0.4 is 10.8 Å². The van der Waals surface area contributed by atoms with Crippen molar-refractivity contribution in [2.75, 3.05) is 0 Å². The fraction of sp³-hybridized carbons (Fsp3) is 0.588.